The summed E-state index contributed by atoms with van der Waals surface area (Å²) < 4.78 is 5.90. The molecule has 3 aromatic rings. The van der Waals surface area contributed by atoms with Gasteiger partial charge in [0.2, 0.25) is 0 Å². The number of allylic oxidation sites excluding steroid dienone is 1. The van der Waals surface area contributed by atoms with Gasteiger partial charge >= 0.3 is 0 Å². The summed E-state index contributed by atoms with van der Waals surface area (Å²) >= 11 is 0. The summed E-state index contributed by atoms with van der Waals surface area (Å²) in [6.45, 7) is 4.05. The Balaban J connectivity index is 1.82. The van der Waals surface area contributed by atoms with Gasteiger partial charge in [0, 0.05) is 18.8 Å². The highest BCUT2D eigenvalue weighted by atomic mass is 16.5. The van der Waals surface area contributed by atoms with Gasteiger partial charge in [0.15, 0.2) is 5.78 Å². The van der Waals surface area contributed by atoms with Gasteiger partial charge in [-0.05, 0) is 46.5 Å². The maximum absolute atomic E-state index is 11.7. The third-order valence-corrected chi connectivity index (χ3v) is 3.89. The van der Waals surface area contributed by atoms with Crippen molar-refractivity contribution in [1.29, 1.82) is 0 Å². The highest BCUT2D eigenvalue weighted by Crippen LogP contribution is 2.27. The van der Waals surface area contributed by atoms with E-state index in [9.17, 15) is 4.79 Å². The van der Waals surface area contributed by atoms with Crippen LogP contribution in [0, 0.1) is 0 Å². The van der Waals surface area contributed by atoms with E-state index in [1.54, 1.807) is 12.4 Å². The number of hydrogen-bond donors (Lipinski definition) is 0. The van der Waals surface area contributed by atoms with Crippen molar-refractivity contribution < 1.29 is 9.53 Å². The van der Waals surface area contributed by atoms with Crippen LogP contribution in [0.15, 0.2) is 85.7 Å². The lowest BCUT2D eigenvalue weighted by molar-refractivity contribution is -0.114. The minimum atomic E-state index is -0.0225. The quantitative estimate of drug-likeness (QED) is 0.594. The van der Waals surface area contributed by atoms with E-state index in [-0.39, 0.29) is 5.78 Å². The fourth-order valence-corrected chi connectivity index (χ4v) is 2.60. The third-order valence-electron chi connectivity index (χ3n) is 3.89. The van der Waals surface area contributed by atoms with E-state index in [0.29, 0.717) is 13.0 Å². The molecular weight excluding hydrogens is 310 g/mol. The van der Waals surface area contributed by atoms with Crippen LogP contribution in [0.25, 0.3) is 11.1 Å². The van der Waals surface area contributed by atoms with Gasteiger partial charge in [-0.2, -0.15) is 0 Å². The number of nitrogens with zero attached hydrogens (tertiary/aromatic N) is 1. The molecule has 0 atom stereocenters. The Morgan fingerprint density at radius 2 is 1.92 bits per heavy atom. The Kier molecular flexibility index (Phi) is 5.37. The monoisotopic (exact) mass is 329 g/mol. The first-order valence-electron chi connectivity index (χ1n) is 8.11. The molecule has 3 nitrogen and oxygen atoms in total. The standard InChI is InChI=1S/C22H19NO2/c1-2-20(24)13-19-15-23-12-11-22(19)18-9-6-10-21(14-18)25-16-17-7-4-3-5-8-17/h2-12,14-15H,1,13,16H2. The summed E-state index contributed by atoms with van der Waals surface area (Å²) in [4.78, 5) is 15.9. The second kappa shape index (κ2) is 8.06. The topological polar surface area (TPSA) is 39.2 Å². The van der Waals surface area contributed by atoms with Crippen LogP contribution in [0.4, 0.5) is 0 Å². The number of ether oxygens (including phenoxy) is 1. The SMILES string of the molecule is C=CC(=O)Cc1cnccc1-c1cccc(OCc2ccccc2)c1. The predicted octanol–water partition coefficient (Wildman–Crippen LogP) is 4.63. The number of rotatable bonds is 7. The summed E-state index contributed by atoms with van der Waals surface area (Å²) in [5, 5.41) is 0. The van der Waals surface area contributed by atoms with Gasteiger partial charge in [0.1, 0.15) is 12.4 Å². The number of carbonyl (C=O) groups is 1. The number of aromatic nitrogens is 1. The number of hydrogen-bond acceptors (Lipinski definition) is 3. The number of pyridine rings is 1. The molecule has 0 aliphatic rings. The third kappa shape index (κ3) is 4.42. The molecule has 0 bridgehead atoms. The molecule has 0 aliphatic carbocycles. The van der Waals surface area contributed by atoms with Crippen molar-refractivity contribution >= 4 is 5.78 Å². The molecule has 2 aromatic carbocycles. The van der Waals surface area contributed by atoms with Crippen molar-refractivity contribution in [3.8, 4) is 16.9 Å². The molecule has 1 heterocycles. The van der Waals surface area contributed by atoms with Gasteiger partial charge in [-0.15, -0.1) is 0 Å². The Morgan fingerprint density at radius 3 is 2.72 bits per heavy atom. The summed E-state index contributed by atoms with van der Waals surface area (Å²) in [6.07, 6.45) is 5.10. The van der Waals surface area contributed by atoms with Crippen molar-refractivity contribution in [3.05, 3.63) is 96.8 Å². The van der Waals surface area contributed by atoms with Gasteiger partial charge in [-0.3, -0.25) is 9.78 Å². The number of benzene rings is 2. The summed E-state index contributed by atoms with van der Waals surface area (Å²) in [5.74, 6) is 0.768. The molecule has 0 unspecified atom stereocenters. The highest BCUT2D eigenvalue weighted by Gasteiger charge is 2.09. The van der Waals surface area contributed by atoms with E-state index in [4.69, 9.17) is 4.74 Å². The fraction of sp³-hybridized carbons (Fsp3) is 0.0909. The zero-order valence-corrected chi connectivity index (χ0v) is 13.9. The van der Waals surface area contributed by atoms with Crippen LogP contribution in [0.5, 0.6) is 5.75 Å². The van der Waals surface area contributed by atoms with Crippen LogP contribution >= 0.6 is 0 Å². The van der Waals surface area contributed by atoms with Crippen molar-refractivity contribution in [2.24, 2.45) is 0 Å². The summed E-state index contributed by atoms with van der Waals surface area (Å²) in [7, 11) is 0. The van der Waals surface area contributed by atoms with E-state index in [1.807, 2.05) is 60.7 Å². The van der Waals surface area contributed by atoms with Crippen molar-refractivity contribution in [2.75, 3.05) is 0 Å². The van der Waals surface area contributed by atoms with Crippen LogP contribution in [0.1, 0.15) is 11.1 Å². The fourth-order valence-electron chi connectivity index (χ4n) is 2.60. The molecule has 1 aromatic heterocycles. The average Bonchev–Trinajstić information content (AvgIpc) is 2.68. The van der Waals surface area contributed by atoms with Gasteiger partial charge in [0.05, 0.1) is 0 Å². The van der Waals surface area contributed by atoms with E-state index in [0.717, 1.165) is 28.0 Å². The molecule has 0 saturated carbocycles. The number of ketones is 1. The molecule has 0 radical (unpaired) electrons. The van der Waals surface area contributed by atoms with Crippen LogP contribution < -0.4 is 4.74 Å². The molecule has 25 heavy (non-hydrogen) atoms. The first-order chi connectivity index (χ1) is 12.3. The van der Waals surface area contributed by atoms with E-state index >= 15 is 0 Å². The van der Waals surface area contributed by atoms with E-state index in [1.165, 1.54) is 6.08 Å². The summed E-state index contributed by atoms with van der Waals surface area (Å²) in [5.41, 5.74) is 3.98. The zero-order chi connectivity index (χ0) is 17.5. The Bertz CT molecular complexity index is 872. The first-order valence-corrected chi connectivity index (χ1v) is 8.11. The second-order valence-electron chi connectivity index (χ2n) is 5.68. The lowest BCUT2D eigenvalue weighted by atomic mass is 9.98. The zero-order valence-electron chi connectivity index (χ0n) is 13.9. The maximum Gasteiger partial charge on any atom is 0.159 e. The lowest BCUT2D eigenvalue weighted by Crippen LogP contribution is -2.01. The van der Waals surface area contributed by atoms with Crippen molar-refractivity contribution in [2.45, 2.75) is 13.0 Å². The van der Waals surface area contributed by atoms with Crippen molar-refractivity contribution in [1.82, 2.24) is 4.98 Å². The molecule has 0 fully saturated rings. The van der Waals surface area contributed by atoms with Crippen LogP contribution in [-0.2, 0) is 17.8 Å². The molecule has 124 valence electrons. The largest absolute Gasteiger partial charge is 0.489 e. The maximum atomic E-state index is 11.7. The Labute approximate surface area is 147 Å². The highest BCUT2D eigenvalue weighted by molar-refractivity contribution is 5.92. The molecule has 0 amide bonds. The minimum absolute atomic E-state index is 0.0225. The Morgan fingerprint density at radius 1 is 1.08 bits per heavy atom. The van der Waals surface area contributed by atoms with E-state index < -0.39 is 0 Å². The van der Waals surface area contributed by atoms with Crippen LogP contribution in [-0.4, -0.2) is 10.8 Å². The molecular formula is C22H19NO2. The molecule has 3 heteroatoms. The normalized spacial score (nSPS) is 10.2. The van der Waals surface area contributed by atoms with Gasteiger partial charge in [0.25, 0.3) is 0 Å². The second-order valence-corrected chi connectivity index (χ2v) is 5.68. The summed E-state index contributed by atoms with van der Waals surface area (Å²) in [6, 6.07) is 19.8. The molecule has 0 N–H and O–H groups in total. The first kappa shape index (κ1) is 16.7. The van der Waals surface area contributed by atoms with Crippen LogP contribution in [0.2, 0.25) is 0 Å². The van der Waals surface area contributed by atoms with Gasteiger partial charge < -0.3 is 4.74 Å². The predicted molar refractivity (Wildman–Crippen MR) is 99.4 cm³/mol. The molecule has 0 aliphatic heterocycles. The Hall–Kier alpha value is -3.20. The van der Waals surface area contributed by atoms with Crippen LogP contribution in [0.3, 0.4) is 0 Å². The van der Waals surface area contributed by atoms with E-state index in [2.05, 4.69) is 11.6 Å². The van der Waals surface area contributed by atoms with Crippen molar-refractivity contribution in [3.63, 3.8) is 0 Å². The number of carbonyl (C=O) groups excluding carboxylic acids is 1. The molecule has 3 rings (SSSR count). The smallest absolute Gasteiger partial charge is 0.159 e. The lowest BCUT2D eigenvalue weighted by Gasteiger charge is -2.11. The molecule has 0 saturated heterocycles. The van der Waals surface area contributed by atoms with Gasteiger partial charge in [-0.1, -0.05) is 49.0 Å². The average molecular weight is 329 g/mol. The van der Waals surface area contributed by atoms with Gasteiger partial charge in [-0.25, -0.2) is 0 Å². The minimum Gasteiger partial charge on any atom is -0.489 e. The molecule has 0 spiro atoms.